The van der Waals surface area contributed by atoms with E-state index in [2.05, 4.69) is 4.99 Å². The minimum absolute atomic E-state index is 0.102. The number of guanidine groups is 1. The molecule has 0 aromatic heterocycles. The highest BCUT2D eigenvalue weighted by molar-refractivity contribution is 5.86. The largest absolute Gasteiger partial charge is 0.545 e. The number of carboxylic acid groups (broad SMARTS) is 1. The number of benzene rings is 2. The third-order valence-electron chi connectivity index (χ3n) is 5.24. The fraction of sp³-hybridized carbons (Fsp3) is 0.318. The van der Waals surface area contributed by atoms with Crippen molar-refractivity contribution in [3.8, 4) is 16.9 Å². The number of aromatic carboxylic acids is 1. The number of ether oxygens (including phenoxy) is 1. The molecule has 1 aliphatic rings. The predicted molar refractivity (Wildman–Crippen MR) is 108 cm³/mol. The van der Waals surface area contributed by atoms with Gasteiger partial charge < -0.3 is 26.1 Å². The molecule has 0 bridgehead atoms. The molecule has 1 aliphatic carbocycles. The van der Waals surface area contributed by atoms with Crippen LogP contribution in [0, 0.1) is 11.8 Å². The van der Waals surface area contributed by atoms with Gasteiger partial charge in [-0.1, -0.05) is 36.4 Å². The van der Waals surface area contributed by atoms with Gasteiger partial charge in [0.15, 0.2) is 5.96 Å². The van der Waals surface area contributed by atoms with Crippen LogP contribution in [0.4, 0.5) is 0 Å². The molecule has 4 N–H and O–H groups in total. The quantitative estimate of drug-likeness (QED) is 0.332. The van der Waals surface area contributed by atoms with E-state index in [1.54, 1.807) is 24.3 Å². The summed E-state index contributed by atoms with van der Waals surface area (Å²) in [5.41, 5.74) is 12.6. The zero-order valence-corrected chi connectivity index (χ0v) is 16.0. The van der Waals surface area contributed by atoms with Crippen LogP contribution >= 0.6 is 0 Å². The van der Waals surface area contributed by atoms with Crippen molar-refractivity contribution in [1.82, 2.24) is 0 Å². The number of carbonyl (C=O) groups is 2. The number of carbonyl (C=O) groups excluding carboxylic acids is 2. The average molecular weight is 394 g/mol. The Morgan fingerprint density at radius 1 is 0.931 bits per heavy atom. The molecule has 0 heterocycles. The van der Waals surface area contributed by atoms with Gasteiger partial charge in [0.2, 0.25) is 0 Å². The summed E-state index contributed by atoms with van der Waals surface area (Å²) in [4.78, 5) is 27.3. The van der Waals surface area contributed by atoms with Crippen LogP contribution < -0.4 is 21.3 Å². The summed E-state index contributed by atoms with van der Waals surface area (Å²) in [5.74, 6) is -0.524. The first-order valence-corrected chi connectivity index (χ1v) is 9.61. The lowest BCUT2D eigenvalue weighted by atomic mass is 9.82. The summed E-state index contributed by atoms with van der Waals surface area (Å²) >= 11 is 0. The van der Waals surface area contributed by atoms with Gasteiger partial charge in [0.25, 0.3) is 0 Å². The van der Waals surface area contributed by atoms with Crippen LogP contribution in [-0.4, -0.2) is 24.4 Å². The number of aliphatic imine (C=N–C) groups is 1. The first kappa shape index (κ1) is 20.4. The smallest absolute Gasteiger partial charge is 0.314 e. The molecular formula is C22H24N3O4-. The number of hydrogen-bond donors (Lipinski definition) is 2. The molecular weight excluding hydrogens is 370 g/mol. The Balaban J connectivity index is 1.54. The maximum Gasteiger partial charge on any atom is 0.314 e. The van der Waals surface area contributed by atoms with Crippen LogP contribution in [0.2, 0.25) is 0 Å². The maximum atomic E-state index is 12.4. The highest BCUT2D eigenvalue weighted by Crippen LogP contribution is 2.30. The lowest BCUT2D eigenvalue weighted by molar-refractivity contribution is -0.255. The summed E-state index contributed by atoms with van der Waals surface area (Å²) < 4.78 is 5.54. The van der Waals surface area contributed by atoms with E-state index in [-0.39, 0.29) is 23.4 Å². The number of hydrogen-bond acceptors (Lipinski definition) is 5. The first-order valence-electron chi connectivity index (χ1n) is 9.61. The molecule has 1 saturated carbocycles. The molecule has 0 saturated heterocycles. The molecule has 2 aromatic carbocycles. The van der Waals surface area contributed by atoms with E-state index in [9.17, 15) is 14.7 Å². The van der Waals surface area contributed by atoms with E-state index in [4.69, 9.17) is 16.2 Å². The van der Waals surface area contributed by atoms with Crippen molar-refractivity contribution in [2.24, 2.45) is 28.3 Å². The third kappa shape index (κ3) is 5.57. The van der Waals surface area contributed by atoms with Crippen LogP contribution in [0.3, 0.4) is 0 Å². The van der Waals surface area contributed by atoms with Gasteiger partial charge in [-0.25, -0.2) is 0 Å². The van der Waals surface area contributed by atoms with E-state index in [1.165, 1.54) is 12.1 Å². The number of nitrogens with two attached hydrogens (primary N) is 2. The second-order valence-electron chi connectivity index (χ2n) is 7.29. The Morgan fingerprint density at radius 3 is 2.00 bits per heavy atom. The van der Waals surface area contributed by atoms with Crippen LogP contribution in [0.5, 0.6) is 5.75 Å². The number of nitrogens with zero attached hydrogens (tertiary/aromatic N) is 1. The Bertz CT molecular complexity index is 879. The van der Waals surface area contributed by atoms with Gasteiger partial charge in [-0.15, -0.1) is 0 Å². The van der Waals surface area contributed by atoms with Gasteiger partial charge in [-0.3, -0.25) is 9.79 Å². The molecule has 0 amide bonds. The fourth-order valence-corrected chi connectivity index (χ4v) is 3.53. The third-order valence-corrected chi connectivity index (χ3v) is 5.24. The van der Waals surface area contributed by atoms with Gasteiger partial charge in [0, 0.05) is 6.54 Å². The highest BCUT2D eigenvalue weighted by Gasteiger charge is 2.27. The van der Waals surface area contributed by atoms with Crippen LogP contribution in [0.25, 0.3) is 11.1 Å². The van der Waals surface area contributed by atoms with Crippen molar-refractivity contribution in [3.05, 3.63) is 54.1 Å². The molecule has 7 nitrogen and oxygen atoms in total. The Labute approximate surface area is 169 Å². The van der Waals surface area contributed by atoms with E-state index in [0.717, 1.165) is 36.8 Å². The van der Waals surface area contributed by atoms with Crippen LogP contribution in [-0.2, 0) is 4.79 Å². The van der Waals surface area contributed by atoms with Crippen molar-refractivity contribution in [1.29, 1.82) is 0 Å². The lowest BCUT2D eigenvalue weighted by Crippen LogP contribution is -2.28. The van der Waals surface area contributed by atoms with Crippen molar-refractivity contribution in [2.75, 3.05) is 6.54 Å². The maximum absolute atomic E-state index is 12.4. The van der Waals surface area contributed by atoms with Crippen molar-refractivity contribution in [2.45, 2.75) is 25.7 Å². The standard InChI is InChI=1S/C22H25N3O4/c23-22(24)25-13-14-1-3-18(4-2-14)21(28)29-19-11-9-16(10-12-19)15-5-7-17(8-6-15)20(26)27/h5-12,14,18H,1-4,13H2,(H,26,27)(H4,23,24,25)/p-1. The Kier molecular flexibility index (Phi) is 6.49. The van der Waals surface area contributed by atoms with Crippen molar-refractivity contribution < 1.29 is 19.4 Å². The second-order valence-corrected chi connectivity index (χ2v) is 7.29. The van der Waals surface area contributed by atoms with Gasteiger partial charge in [0.05, 0.1) is 11.9 Å². The predicted octanol–water partition coefficient (Wildman–Crippen LogP) is 1.70. The summed E-state index contributed by atoms with van der Waals surface area (Å²) in [6, 6.07) is 13.6. The topological polar surface area (TPSA) is 131 Å². The van der Waals surface area contributed by atoms with Gasteiger partial charge in [-0.2, -0.15) is 0 Å². The van der Waals surface area contributed by atoms with E-state index in [0.29, 0.717) is 18.2 Å². The molecule has 0 atom stereocenters. The molecule has 152 valence electrons. The molecule has 0 radical (unpaired) electrons. The molecule has 0 unspecified atom stereocenters. The monoisotopic (exact) mass is 394 g/mol. The zero-order valence-electron chi connectivity index (χ0n) is 16.0. The van der Waals surface area contributed by atoms with Crippen LogP contribution in [0.15, 0.2) is 53.5 Å². The molecule has 0 aliphatic heterocycles. The van der Waals surface area contributed by atoms with E-state index >= 15 is 0 Å². The molecule has 29 heavy (non-hydrogen) atoms. The average Bonchev–Trinajstić information content (AvgIpc) is 2.73. The number of rotatable bonds is 6. The summed E-state index contributed by atoms with van der Waals surface area (Å²) in [6.45, 7) is 0.607. The first-order chi connectivity index (χ1) is 13.9. The SMILES string of the molecule is NC(N)=NCC1CCC(C(=O)Oc2ccc(-c3ccc(C(=O)[O-])cc3)cc2)CC1. The minimum atomic E-state index is -1.20. The van der Waals surface area contributed by atoms with E-state index in [1.807, 2.05) is 12.1 Å². The minimum Gasteiger partial charge on any atom is -0.545 e. The van der Waals surface area contributed by atoms with Gasteiger partial charge in [-0.05, 0) is 60.4 Å². The molecule has 7 heteroatoms. The lowest BCUT2D eigenvalue weighted by Gasteiger charge is -2.26. The Morgan fingerprint density at radius 2 is 1.48 bits per heavy atom. The fourth-order valence-electron chi connectivity index (χ4n) is 3.53. The molecule has 0 spiro atoms. The molecule has 1 fully saturated rings. The zero-order chi connectivity index (χ0) is 20.8. The van der Waals surface area contributed by atoms with E-state index < -0.39 is 5.97 Å². The van der Waals surface area contributed by atoms with Gasteiger partial charge in [0.1, 0.15) is 5.75 Å². The normalized spacial score (nSPS) is 18.6. The highest BCUT2D eigenvalue weighted by atomic mass is 16.5. The van der Waals surface area contributed by atoms with Crippen molar-refractivity contribution >= 4 is 17.9 Å². The van der Waals surface area contributed by atoms with Gasteiger partial charge >= 0.3 is 5.97 Å². The number of esters is 1. The Hall–Kier alpha value is -3.35. The summed E-state index contributed by atoms with van der Waals surface area (Å²) in [5, 5.41) is 10.8. The number of carboxylic acids is 1. The second kappa shape index (κ2) is 9.23. The van der Waals surface area contributed by atoms with Crippen LogP contribution in [0.1, 0.15) is 36.0 Å². The molecule has 2 aromatic rings. The summed E-state index contributed by atoms with van der Waals surface area (Å²) in [6.07, 6.45) is 3.34. The summed E-state index contributed by atoms with van der Waals surface area (Å²) in [7, 11) is 0. The van der Waals surface area contributed by atoms with Crippen molar-refractivity contribution in [3.63, 3.8) is 0 Å². The molecule has 3 rings (SSSR count).